The van der Waals surface area contributed by atoms with Crippen molar-refractivity contribution >= 4 is 0 Å². The number of nitrogens with zero attached hydrogens (tertiary/aromatic N) is 9. The van der Waals surface area contributed by atoms with E-state index in [1.54, 1.807) is 7.05 Å². The number of aliphatic hydroxyl groups is 5. The summed E-state index contributed by atoms with van der Waals surface area (Å²) in [6.07, 6.45) is 29.7. The van der Waals surface area contributed by atoms with Gasteiger partial charge in [-0.3, -0.25) is 14.7 Å². The number of rotatable bonds is 29. The third-order valence-corrected chi connectivity index (χ3v) is 29.4. The van der Waals surface area contributed by atoms with Crippen LogP contribution >= 0.6 is 0 Å². The van der Waals surface area contributed by atoms with Crippen LogP contribution in [-0.4, -0.2) is 370 Å². The fourth-order valence-electron chi connectivity index (χ4n) is 21.7. The number of hydrogen-bond acceptors (Lipinski definition) is 22. The van der Waals surface area contributed by atoms with Crippen LogP contribution in [0.25, 0.3) is 0 Å². The first-order valence-corrected chi connectivity index (χ1v) is 48.8. The molecule has 30 heteroatoms. The van der Waals surface area contributed by atoms with Crippen LogP contribution < -0.4 is 42.5 Å². The number of nitrogens with one attached hydrogen (secondary N) is 8. The van der Waals surface area contributed by atoms with Crippen LogP contribution in [0.4, 0.5) is 35.1 Å². The number of piperidine rings is 1. The number of halogens is 8. The van der Waals surface area contributed by atoms with Crippen molar-refractivity contribution in [3.63, 3.8) is 0 Å². The predicted molar refractivity (Wildman–Crippen MR) is 502 cm³/mol. The Morgan fingerprint density at radius 1 is 0.484 bits per heavy atom. The zero-order valence-corrected chi connectivity index (χ0v) is 81.6. The van der Waals surface area contributed by atoms with Gasteiger partial charge in [0.2, 0.25) is 0 Å². The zero-order valence-electron chi connectivity index (χ0n) is 81.6. The first kappa shape index (κ1) is 115. The fraction of sp³-hybridized carbons (Fsp3) is 0.906. The molecule has 0 spiro atoms. The highest BCUT2D eigenvalue weighted by Gasteiger charge is 2.42. The Morgan fingerprint density at radius 2 is 0.913 bits per heavy atom. The third-order valence-electron chi connectivity index (χ3n) is 29.4. The molecule has 2 saturated heterocycles. The lowest BCUT2D eigenvalue weighted by Gasteiger charge is -2.42. The molecule has 8 aliphatic carbocycles. The number of alkyl halides is 8. The van der Waals surface area contributed by atoms with Gasteiger partial charge in [-0.1, -0.05) is 101 Å². The molecule has 0 bridgehead atoms. The molecule has 2 aliphatic heterocycles. The summed E-state index contributed by atoms with van der Waals surface area (Å²) in [4.78, 5) is 18.3. The predicted octanol–water partition coefficient (Wildman–Crippen LogP) is 12.1. The molecular formula is C96H183F8N17O5. The van der Waals surface area contributed by atoms with Crippen LogP contribution in [0.1, 0.15) is 262 Å². The molecule has 1 aromatic carbocycles. The molecule has 13 N–H and O–H groups in total. The van der Waals surface area contributed by atoms with Crippen molar-refractivity contribution in [3.8, 4) is 6.07 Å². The van der Waals surface area contributed by atoms with Crippen molar-refractivity contribution in [1.82, 2.24) is 81.7 Å². The molecular weight excluding hydrogens is 1620 g/mol. The van der Waals surface area contributed by atoms with Crippen molar-refractivity contribution in [2.24, 2.45) is 0 Å². The van der Waals surface area contributed by atoms with Crippen molar-refractivity contribution in [2.45, 2.75) is 390 Å². The topological polar surface area (TPSA) is 247 Å². The highest BCUT2D eigenvalue weighted by Crippen LogP contribution is 2.40. The van der Waals surface area contributed by atoms with Crippen molar-refractivity contribution < 1.29 is 60.7 Å². The van der Waals surface area contributed by atoms with Crippen LogP contribution in [0.5, 0.6) is 0 Å². The second-order valence-electron chi connectivity index (χ2n) is 38.9. The molecule has 0 radical (unpaired) electrons. The van der Waals surface area contributed by atoms with Gasteiger partial charge in [0.05, 0.1) is 29.9 Å². The van der Waals surface area contributed by atoms with E-state index < -0.39 is 41.6 Å². The molecule has 0 amide bonds. The standard InChI is InChI=1S/C16H23F3N2.C13H28N2O.2C12H24N2O.C11H22F2N2O.C11H21N3.C11H24N2O.C10H17F3N2/c1-20-14-8-7-12(10-15(14)21(2)3)11-5-4-6-13(9-11)16(17,18)19;1-13(2,16)9-10-15(4)12-8-6-5-7-11(12)14-3;1-13-11-6-2-3-7-12(11)14-8-4-5-10(14)9-15;1-13-11-4-2-3-5-12(11)14-8-6-10(15)7-9-14;1-14-8-5-3-4-6-9(8)15(2)7-10(16)11(12)13;1-13-10-6-3-4-7-11(10)14(2)9-5-8-12;1-12-10-6-3-4-7-11(10)13(2)8-5-9-14;1-14-8-6-7(10(11,12)13)4-5-9(8)15(2)3/h4-6,9,12,14-15,20H,7-8,10H2,1-3H3;11-12,14,16H,5-10H2,1-4H3;2*10-13,15H,2-9H2,1H3;8-11,14,16H,3-7H2,1-2H3;10-11,13H,3-7,9H2,1-2H3;10-12,14H,3-9H2,1-2H3;4,8-9,14H,5-6H2,1-3H3/t12-,14-,15-;11-,12-;10-,11+,12+;11-,12-;8-,9-,10?;2*10-,11-;8-,9-/m00100000/s1. The Balaban J connectivity index is 0.000000303. The van der Waals surface area contributed by atoms with E-state index in [0.29, 0.717) is 105 Å². The lowest BCUT2D eigenvalue weighted by Crippen LogP contribution is -2.53. The van der Waals surface area contributed by atoms with E-state index >= 15 is 0 Å². The second-order valence-corrected chi connectivity index (χ2v) is 38.9. The molecule has 1 aromatic rings. The van der Waals surface area contributed by atoms with Gasteiger partial charge in [0.25, 0.3) is 6.43 Å². The smallest absolute Gasteiger partial charge is 0.396 e. The molecule has 1 unspecified atom stereocenters. The highest BCUT2D eigenvalue weighted by atomic mass is 19.4. The van der Waals surface area contributed by atoms with E-state index in [1.165, 1.54) is 172 Å². The Labute approximate surface area is 759 Å². The quantitative estimate of drug-likeness (QED) is 0.0263. The SMILES string of the molecule is CN[C@H]1CC(C(F)(F)F)=CC[C@@H]1N(C)C.CN[C@H]1CCCC[C@@H]1N(C)CC(O)C(F)F.CN[C@H]1CCCC[C@@H]1N(C)CCC#N.CN[C@H]1CCCC[C@@H]1N(C)CCC(C)(C)O.CN[C@H]1CCCC[C@@H]1N(C)CCCO.CN[C@H]1CCCC[C@@H]1N1CCC(O)CC1.CN[C@H]1CCCC[C@@H]1N1CCC[C@@H]1CO.CN[C@H]1CC[C@H](c2cccc(C(F)(F)F)c2)C[C@@H]1N(C)C. The summed E-state index contributed by atoms with van der Waals surface area (Å²) in [7, 11) is 32.0. The molecule has 19 atom stereocenters. The summed E-state index contributed by atoms with van der Waals surface area (Å²) >= 11 is 0. The number of nitriles is 1. The summed E-state index contributed by atoms with van der Waals surface area (Å²) in [6.45, 7) is 10.7. The van der Waals surface area contributed by atoms with Gasteiger partial charge in [0, 0.05) is 161 Å². The number of likely N-dealkylation sites (tertiary alicyclic amines) is 2. The number of likely N-dealkylation sites (N-methyl/N-ethyl adjacent to an activating group) is 14. The fourth-order valence-corrected chi connectivity index (χ4v) is 21.7. The lowest BCUT2D eigenvalue weighted by molar-refractivity contribution is -0.137. The molecule has 126 heavy (non-hydrogen) atoms. The third kappa shape index (κ3) is 40.7. The maximum Gasteiger partial charge on any atom is 0.416 e. The Hall–Kier alpha value is -2.95. The summed E-state index contributed by atoms with van der Waals surface area (Å²) < 4.78 is 100. The molecule has 2 heterocycles. The Kier molecular flexibility index (Phi) is 56.6. The number of aliphatic hydroxyl groups excluding tert-OH is 4. The molecule has 0 aromatic heterocycles. The molecule has 738 valence electrons. The molecule has 9 fully saturated rings. The van der Waals surface area contributed by atoms with Gasteiger partial charge >= 0.3 is 12.4 Å². The first-order valence-electron chi connectivity index (χ1n) is 48.8. The van der Waals surface area contributed by atoms with Gasteiger partial charge in [0.15, 0.2) is 0 Å². The first-order chi connectivity index (χ1) is 59.9. The zero-order chi connectivity index (χ0) is 93.7. The van der Waals surface area contributed by atoms with Crippen molar-refractivity contribution in [3.05, 3.63) is 47.0 Å². The maximum absolute atomic E-state index is 12.8. The van der Waals surface area contributed by atoms with E-state index in [2.05, 4.69) is 127 Å². The molecule has 7 saturated carbocycles. The monoisotopic (exact) mass is 1810 g/mol. The van der Waals surface area contributed by atoms with Crippen LogP contribution in [0, 0.1) is 11.3 Å². The van der Waals surface area contributed by atoms with Crippen LogP contribution in [0.15, 0.2) is 35.9 Å². The number of hydrogen-bond donors (Lipinski definition) is 13. The highest BCUT2D eigenvalue weighted by molar-refractivity contribution is 5.29. The van der Waals surface area contributed by atoms with Crippen molar-refractivity contribution in [2.75, 3.05) is 172 Å². The van der Waals surface area contributed by atoms with E-state index in [0.717, 1.165) is 115 Å². The van der Waals surface area contributed by atoms with E-state index in [4.69, 9.17) is 10.4 Å². The summed E-state index contributed by atoms with van der Waals surface area (Å²) in [5.74, 6) is 0.198. The Morgan fingerprint density at radius 3 is 1.34 bits per heavy atom. The average Bonchev–Trinajstić information content (AvgIpc) is 0.908. The van der Waals surface area contributed by atoms with Gasteiger partial charge in [-0.25, -0.2) is 8.78 Å². The van der Waals surface area contributed by atoms with Gasteiger partial charge in [-0.15, -0.1) is 0 Å². The van der Waals surface area contributed by atoms with E-state index in [1.807, 2.05) is 86.1 Å². The van der Waals surface area contributed by atoms with Gasteiger partial charge in [-0.2, -0.15) is 31.6 Å². The molecule has 22 nitrogen and oxygen atoms in total. The van der Waals surface area contributed by atoms with Gasteiger partial charge in [0.1, 0.15) is 6.10 Å². The van der Waals surface area contributed by atoms with E-state index in [9.17, 15) is 55.5 Å². The lowest BCUT2D eigenvalue weighted by atomic mass is 9.78. The van der Waals surface area contributed by atoms with Crippen LogP contribution in [-0.2, 0) is 6.18 Å². The van der Waals surface area contributed by atoms with Gasteiger partial charge < -0.3 is 92.6 Å². The summed E-state index contributed by atoms with van der Waals surface area (Å²) in [5.41, 5.74) is -0.679. The minimum Gasteiger partial charge on any atom is -0.396 e. The molecule has 11 rings (SSSR count). The summed E-state index contributed by atoms with van der Waals surface area (Å²) in [5, 5.41) is 81.8. The molecule has 10 aliphatic rings. The van der Waals surface area contributed by atoms with Crippen LogP contribution in [0.3, 0.4) is 0 Å². The Bertz CT molecular complexity index is 3010. The average molecular weight is 1810 g/mol. The van der Waals surface area contributed by atoms with E-state index in [-0.39, 0.29) is 43.1 Å². The van der Waals surface area contributed by atoms with Crippen LogP contribution in [0.2, 0.25) is 0 Å². The minimum absolute atomic E-state index is 0.0422. The maximum atomic E-state index is 12.8. The second kappa shape index (κ2) is 61.8. The largest absolute Gasteiger partial charge is 0.416 e. The van der Waals surface area contributed by atoms with Gasteiger partial charge in [-0.05, 0) is 298 Å². The number of benzene rings is 1. The van der Waals surface area contributed by atoms with Crippen molar-refractivity contribution in [1.29, 1.82) is 5.26 Å². The summed E-state index contributed by atoms with van der Waals surface area (Å²) in [6, 6.07) is 16.4. The minimum atomic E-state index is -4.26. The normalized spacial score (nSPS) is 30.0.